The van der Waals surface area contributed by atoms with Crippen LogP contribution in [0.4, 0.5) is 5.69 Å². The van der Waals surface area contributed by atoms with Gasteiger partial charge in [0.1, 0.15) is 5.75 Å². The number of anilines is 1. The van der Waals surface area contributed by atoms with Gasteiger partial charge in [0, 0.05) is 16.8 Å². The van der Waals surface area contributed by atoms with Gasteiger partial charge in [0.25, 0.3) is 0 Å². The summed E-state index contributed by atoms with van der Waals surface area (Å²) in [6.45, 7) is 3.98. The Bertz CT molecular complexity index is 480. The van der Waals surface area contributed by atoms with E-state index >= 15 is 0 Å². The van der Waals surface area contributed by atoms with E-state index in [-0.39, 0.29) is 17.7 Å². The van der Waals surface area contributed by atoms with Gasteiger partial charge in [0.2, 0.25) is 5.91 Å². The summed E-state index contributed by atoms with van der Waals surface area (Å²) in [5, 5.41) is 3.27. The summed E-state index contributed by atoms with van der Waals surface area (Å²) < 4.78 is 12.1. The van der Waals surface area contributed by atoms with Crippen LogP contribution in [0.3, 0.4) is 0 Å². The second-order valence-electron chi connectivity index (χ2n) is 4.43. The Morgan fingerprint density at radius 2 is 2.21 bits per heavy atom. The highest BCUT2D eigenvalue weighted by Gasteiger charge is 2.14. The molecule has 0 bridgehead atoms. The van der Waals surface area contributed by atoms with Gasteiger partial charge in [-0.2, -0.15) is 0 Å². The third-order valence-corrected chi connectivity index (χ3v) is 4.22. The van der Waals surface area contributed by atoms with Gasteiger partial charge >= 0.3 is 0 Å². The molecule has 0 aliphatic carbocycles. The molecule has 0 aromatic heterocycles. The van der Waals surface area contributed by atoms with E-state index in [4.69, 9.17) is 17.3 Å². The molecule has 0 heterocycles. The first-order valence-corrected chi connectivity index (χ1v) is 7.86. The zero-order chi connectivity index (χ0) is 14.4. The highest BCUT2D eigenvalue weighted by Crippen LogP contribution is 2.21. The third kappa shape index (κ3) is 5.20. The molecule has 19 heavy (non-hydrogen) atoms. The average Bonchev–Trinajstić information content (AvgIpc) is 2.32. The molecule has 0 fully saturated rings. The Hall–Kier alpha value is -1.07. The zero-order valence-corrected chi connectivity index (χ0v) is 12.7. The van der Waals surface area contributed by atoms with Crippen molar-refractivity contribution in [3.05, 3.63) is 23.2 Å². The summed E-state index contributed by atoms with van der Waals surface area (Å²) in [6.07, 6.45) is 1.89. The predicted octanol–water partition coefficient (Wildman–Crippen LogP) is 2.33. The van der Waals surface area contributed by atoms with Crippen molar-refractivity contribution in [1.82, 2.24) is 5.32 Å². The highest BCUT2D eigenvalue weighted by atomic mass is 35.5. The molecule has 0 spiro atoms. The number of hydrogen-bond acceptors (Lipinski definition) is 3. The van der Waals surface area contributed by atoms with E-state index < -0.39 is 10.8 Å². The number of hydrogen-bond donors (Lipinski definition) is 2. The number of nitrogens with two attached hydrogens (primary N) is 1. The average molecular weight is 303 g/mol. The van der Waals surface area contributed by atoms with Crippen LogP contribution in [-0.2, 0) is 15.6 Å². The molecular weight excluding hydrogens is 284 g/mol. The monoisotopic (exact) mass is 302 g/mol. The lowest BCUT2D eigenvalue weighted by Crippen LogP contribution is -2.35. The second-order valence-corrected chi connectivity index (χ2v) is 6.29. The first kappa shape index (κ1) is 16.0. The van der Waals surface area contributed by atoms with Gasteiger partial charge in [-0.15, -0.1) is 0 Å². The minimum atomic E-state index is -1.48. The van der Waals surface area contributed by atoms with E-state index in [1.54, 1.807) is 12.1 Å². The molecule has 0 radical (unpaired) electrons. The van der Waals surface area contributed by atoms with Gasteiger partial charge < -0.3 is 11.1 Å². The molecular formula is C13H19ClN2O2S. The van der Waals surface area contributed by atoms with Crippen molar-refractivity contribution < 1.29 is 9.00 Å². The third-order valence-electron chi connectivity index (χ3n) is 2.61. The normalized spacial score (nSPS) is 13.8. The summed E-state index contributed by atoms with van der Waals surface area (Å²) in [5.74, 6) is -0.336. The van der Waals surface area contributed by atoms with Gasteiger partial charge in [-0.1, -0.05) is 24.9 Å². The minimum Gasteiger partial charge on any atom is -0.398 e. The second kappa shape index (κ2) is 7.50. The quantitative estimate of drug-likeness (QED) is 0.792. The first-order valence-electron chi connectivity index (χ1n) is 6.16. The maximum Gasteiger partial charge on any atom is 0.233 e. The molecule has 0 aliphatic rings. The van der Waals surface area contributed by atoms with Crippen LogP contribution in [0.2, 0.25) is 5.02 Å². The molecule has 1 amide bonds. The molecule has 2 atom stereocenters. The molecule has 1 aromatic rings. The highest BCUT2D eigenvalue weighted by molar-refractivity contribution is 7.86. The van der Waals surface area contributed by atoms with Crippen molar-refractivity contribution in [1.29, 1.82) is 0 Å². The molecule has 4 nitrogen and oxygen atoms in total. The fourth-order valence-corrected chi connectivity index (χ4v) is 3.03. The summed E-state index contributed by atoms with van der Waals surface area (Å²) in [6, 6.07) is 4.84. The maximum atomic E-state index is 12.1. The summed E-state index contributed by atoms with van der Waals surface area (Å²) >= 11 is 5.83. The summed E-state index contributed by atoms with van der Waals surface area (Å²) in [4.78, 5) is 12.1. The van der Waals surface area contributed by atoms with Crippen LogP contribution in [0.1, 0.15) is 26.7 Å². The lowest BCUT2D eigenvalue weighted by Gasteiger charge is -2.13. The van der Waals surface area contributed by atoms with Gasteiger partial charge in [-0.3, -0.25) is 9.00 Å². The molecule has 2 unspecified atom stereocenters. The van der Waals surface area contributed by atoms with E-state index in [0.29, 0.717) is 15.6 Å². The molecule has 0 aliphatic heterocycles. The largest absolute Gasteiger partial charge is 0.398 e. The Morgan fingerprint density at radius 1 is 1.53 bits per heavy atom. The lowest BCUT2D eigenvalue weighted by molar-refractivity contribution is -0.119. The summed E-state index contributed by atoms with van der Waals surface area (Å²) in [7, 11) is -1.48. The van der Waals surface area contributed by atoms with Crippen LogP contribution in [0, 0.1) is 0 Å². The van der Waals surface area contributed by atoms with Crippen molar-refractivity contribution in [2.45, 2.75) is 37.6 Å². The van der Waals surface area contributed by atoms with Gasteiger partial charge in [-0.05, 0) is 31.5 Å². The maximum absolute atomic E-state index is 12.1. The fourth-order valence-electron chi connectivity index (χ4n) is 1.72. The Kier molecular flexibility index (Phi) is 6.31. The van der Waals surface area contributed by atoms with Crippen LogP contribution < -0.4 is 11.1 Å². The Labute approximate surface area is 121 Å². The van der Waals surface area contributed by atoms with E-state index in [9.17, 15) is 9.00 Å². The van der Waals surface area contributed by atoms with Crippen LogP contribution >= 0.6 is 11.6 Å². The minimum absolute atomic E-state index is 0.0891. The molecule has 6 heteroatoms. The smallest absolute Gasteiger partial charge is 0.233 e. The molecule has 1 aromatic carbocycles. The van der Waals surface area contributed by atoms with Crippen molar-refractivity contribution in [3.8, 4) is 0 Å². The van der Waals surface area contributed by atoms with Crippen LogP contribution in [0.5, 0.6) is 0 Å². The number of nitrogens with one attached hydrogen (secondary N) is 1. The van der Waals surface area contributed by atoms with E-state index in [0.717, 1.165) is 12.8 Å². The molecule has 1 rings (SSSR count). The van der Waals surface area contributed by atoms with E-state index in [1.165, 1.54) is 6.07 Å². The van der Waals surface area contributed by atoms with Gasteiger partial charge in [0.05, 0.1) is 15.7 Å². The number of carbonyl (C=O) groups excluding carboxylic acids is 1. The number of rotatable bonds is 6. The SMILES string of the molecule is CCCC(C)NC(=O)CS(=O)c1cc(Cl)ccc1N. The molecule has 3 N–H and O–H groups in total. The number of carbonyl (C=O) groups is 1. The predicted molar refractivity (Wildman–Crippen MR) is 79.7 cm³/mol. The first-order chi connectivity index (χ1) is 8.93. The number of benzene rings is 1. The molecule has 0 saturated carbocycles. The Morgan fingerprint density at radius 3 is 2.84 bits per heavy atom. The van der Waals surface area contributed by atoms with E-state index in [2.05, 4.69) is 5.32 Å². The van der Waals surface area contributed by atoms with Crippen molar-refractivity contribution in [2.75, 3.05) is 11.5 Å². The summed E-state index contributed by atoms with van der Waals surface area (Å²) in [5.41, 5.74) is 6.12. The van der Waals surface area contributed by atoms with Gasteiger partial charge in [-0.25, -0.2) is 0 Å². The molecule has 0 saturated heterocycles. The molecule has 106 valence electrons. The van der Waals surface area contributed by atoms with Crippen molar-refractivity contribution >= 4 is 34.0 Å². The number of nitrogen functional groups attached to an aromatic ring is 1. The number of halogens is 1. The van der Waals surface area contributed by atoms with Crippen LogP contribution in [0.15, 0.2) is 23.1 Å². The van der Waals surface area contributed by atoms with Crippen LogP contribution in [-0.4, -0.2) is 21.9 Å². The number of amides is 1. The lowest BCUT2D eigenvalue weighted by atomic mass is 10.2. The van der Waals surface area contributed by atoms with Crippen molar-refractivity contribution in [2.24, 2.45) is 0 Å². The van der Waals surface area contributed by atoms with Crippen LogP contribution in [0.25, 0.3) is 0 Å². The van der Waals surface area contributed by atoms with E-state index in [1.807, 2.05) is 13.8 Å². The topological polar surface area (TPSA) is 72.2 Å². The van der Waals surface area contributed by atoms with Crippen molar-refractivity contribution in [3.63, 3.8) is 0 Å². The van der Waals surface area contributed by atoms with Gasteiger partial charge in [0.15, 0.2) is 0 Å². The Balaban J connectivity index is 2.64. The fraction of sp³-hybridized carbons (Fsp3) is 0.462. The zero-order valence-electron chi connectivity index (χ0n) is 11.1. The standard InChI is InChI=1S/C13H19ClN2O2S/c1-3-4-9(2)16-13(17)8-19(18)12-7-10(14)5-6-11(12)15/h5-7,9H,3-4,8,15H2,1-2H3,(H,16,17).